The molecule has 4 aromatic rings. The first-order valence-electron chi connectivity index (χ1n) is 14.3. The smallest absolute Gasteiger partial charge is 0.433 e. The largest absolute Gasteiger partial charge is 0.516 e. The average molecular weight is 592 g/mol. The maximum atomic E-state index is 12.3. The molecule has 0 aromatic heterocycles. The monoisotopic (exact) mass is 591 g/mol. The van der Waals surface area contributed by atoms with Crippen LogP contribution >= 0.6 is 0 Å². The van der Waals surface area contributed by atoms with Crippen LogP contribution in [-0.2, 0) is 28.5 Å². The second-order valence-electron chi connectivity index (χ2n) is 10.6. The van der Waals surface area contributed by atoms with Gasteiger partial charge in [0, 0.05) is 18.3 Å². The number of nitrogens with two attached hydrogens (primary N) is 1. The zero-order valence-electron chi connectivity index (χ0n) is 23.6. The van der Waals surface area contributed by atoms with E-state index in [1.165, 1.54) is 0 Å². The molecule has 0 saturated carbocycles. The van der Waals surface area contributed by atoms with Crippen molar-refractivity contribution in [3.8, 4) is 22.3 Å². The fourth-order valence-electron chi connectivity index (χ4n) is 5.93. The van der Waals surface area contributed by atoms with Crippen molar-refractivity contribution in [1.29, 1.82) is 0 Å². The van der Waals surface area contributed by atoms with Gasteiger partial charge in [0.25, 0.3) is 0 Å². The van der Waals surface area contributed by atoms with E-state index in [9.17, 15) is 19.2 Å². The predicted octanol–water partition coefficient (Wildman–Crippen LogP) is 6.08. The third kappa shape index (κ3) is 5.82. The maximum Gasteiger partial charge on any atom is 0.516 e. The summed E-state index contributed by atoms with van der Waals surface area (Å²) >= 11 is 0. The number of ether oxygens (including phenoxy) is 4. The maximum absolute atomic E-state index is 12.3. The molecule has 9 heteroatoms. The van der Waals surface area contributed by atoms with Crippen LogP contribution in [0.25, 0.3) is 22.3 Å². The summed E-state index contributed by atoms with van der Waals surface area (Å²) in [7, 11) is 0. The lowest BCUT2D eigenvalue weighted by Gasteiger charge is -2.15. The van der Waals surface area contributed by atoms with Gasteiger partial charge in [-0.3, -0.25) is 4.79 Å². The van der Waals surface area contributed by atoms with Crippen LogP contribution in [0, 0.1) is 0 Å². The molecule has 44 heavy (non-hydrogen) atoms. The average Bonchev–Trinajstić information content (AvgIpc) is 3.54. The molecule has 0 saturated heterocycles. The van der Waals surface area contributed by atoms with Crippen LogP contribution < -0.4 is 5.73 Å². The molecule has 0 fully saturated rings. The van der Waals surface area contributed by atoms with E-state index in [-0.39, 0.29) is 37.9 Å². The summed E-state index contributed by atoms with van der Waals surface area (Å²) in [4.78, 5) is 49.1. The molecule has 1 atom stereocenters. The summed E-state index contributed by atoms with van der Waals surface area (Å²) in [6.07, 6.45) is -2.92. The van der Waals surface area contributed by atoms with Crippen LogP contribution in [-0.4, -0.2) is 43.5 Å². The van der Waals surface area contributed by atoms with E-state index in [2.05, 4.69) is 0 Å². The predicted molar refractivity (Wildman–Crippen MR) is 160 cm³/mol. The minimum atomic E-state index is -1.31. The molecule has 2 aliphatic rings. The Bertz CT molecular complexity index is 1660. The molecule has 0 unspecified atom stereocenters. The highest BCUT2D eigenvalue weighted by molar-refractivity contribution is 5.87. The van der Waals surface area contributed by atoms with Crippen LogP contribution in [0.2, 0.25) is 0 Å². The lowest BCUT2D eigenvalue weighted by atomic mass is 9.98. The summed E-state index contributed by atoms with van der Waals surface area (Å²) in [6.45, 7) is -0.0338. The minimum Gasteiger partial charge on any atom is -0.433 e. The first-order chi connectivity index (χ1) is 21.4. The highest BCUT2D eigenvalue weighted by Crippen LogP contribution is 2.45. The van der Waals surface area contributed by atoms with Gasteiger partial charge in [0.15, 0.2) is 0 Å². The number of hydrogen-bond acceptors (Lipinski definition) is 9. The Morgan fingerprint density at radius 1 is 0.568 bits per heavy atom. The summed E-state index contributed by atoms with van der Waals surface area (Å²) < 4.78 is 20.0. The topological polar surface area (TPSA) is 131 Å². The Kier molecular flexibility index (Phi) is 8.21. The normalized spacial score (nSPS) is 13.6. The summed E-state index contributed by atoms with van der Waals surface area (Å²) in [6, 6.07) is 30.1. The summed E-state index contributed by atoms with van der Waals surface area (Å²) in [5, 5.41) is 0. The van der Waals surface area contributed by atoms with E-state index in [1.54, 1.807) is 0 Å². The van der Waals surface area contributed by atoms with E-state index < -0.39 is 30.3 Å². The summed E-state index contributed by atoms with van der Waals surface area (Å²) in [5.41, 5.74) is 14.2. The van der Waals surface area contributed by atoms with E-state index >= 15 is 0 Å². The molecule has 0 aliphatic heterocycles. The molecule has 9 nitrogen and oxygen atoms in total. The Labute approximate surface area is 253 Å². The van der Waals surface area contributed by atoms with Gasteiger partial charge in [-0.2, -0.15) is 0 Å². The van der Waals surface area contributed by atoms with Crippen molar-refractivity contribution in [3.63, 3.8) is 0 Å². The highest BCUT2D eigenvalue weighted by Gasteiger charge is 2.31. The van der Waals surface area contributed by atoms with Gasteiger partial charge in [-0.1, -0.05) is 97.1 Å². The lowest BCUT2D eigenvalue weighted by Crippen LogP contribution is -2.35. The van der Waals surface area contributed by atoms with Crippen molar-refractivity contribution < 1.29 is 38.1 Å². The Hall–Kier alpha value is -5.28. The third-order valence-electron chi connectivity index (χ3n) is 8.00. The first-order valence-corrected chi connectivity index (χ1v) is 14.3. The van der Waals surface area contributed by atoms with E-state index in [0.29, 0.717) is 0 Å². The van der Waals surface area contributed by atoms with Crippen LogP contribution in [0.5, 0.6) is 0 Å². The molecular formula is C35H29NO8. The Morgan fingerprint density at radius 3 is 1.34 bits per heavy atom. The molecule has 0 spiro atoms. The first kappa shape index (κ1) is 28.8. The van der Waals surface area contributed by atoms with Gasteiger partial charge in [0.1, 0.15) is 19.3 Å². The zero-order valence-corrected chi connectivity index (χ0v) is 23.6. The molecule has 0 radical (unpaired) electrons. The van der Waals surface area contributed by atoms with Crippen molar-refractivity contribution >= 4 is 24.2 Å². The number of benzene rings is 4. The van der Waals surface area contributed by atoms with E-state index in [1.807, 2.05) is 97.1 Å². The Balaban J connectivity index is 0.936. The van der Waals surface area contributed by atoms with Gasteiger partial charge in [-0.25, -0.2) is 14.4 Å². The van der Waals surface area contributed by atoms with E-state index in [0.717, 1.165) is 44.5 Å². The third-order valence-corrected chi connectivity index (χ3v) is 8.00. The van der Waals surface area contributed by atoms with Gasteiger partial charge in [0.05, 0.1) is 0 Å². The number of hydrogen-bond donors (Lipinski definition) is 1. The van der Waals surface area contributed by atoms with Gasteiger partial charge in [0.2, 0.25) is 0 Å². The van der Waals surface area contributed by atoms with Crippen LogP contribution in [0.3, 0.4) is 0 Å². The molecule has 2 N–H and O–H groups in total. The standard InChI is InChI=1S/C35H29NO8/c36-31(33(38)44-35(40)42-20-30-27-15-7-3-11-23(27)24-12-4-8-16-28(24)30)17-18-32(37)43-34(39)41-19-29-25-13-5-1-9-21(25)22-10-2-6-14-26(22)29/h1-16,29-31H,17-20,36H2/t31-/m0/s1. The molecule has 4 aromatic carbocycles. The molecule has 222 valence electrons. The van der Waals surface area contributed by atoms with Crippen molar-refractivity contribution in [2.75, 3.05) is 13.2 Å². The molecular weight excluding hydrogens is 562 g/mol. The van der Waals surface area contributed by atoms with Crippen molar-refractivity contribution in [2.24, 2.45) is 5.73 Å². The second-order valence-corrected chi connectivity index (χ2v) is 10.6. The van der Waals surface area contributed by atoms with Crippen LogP contribution in [0.4, 0.5) is 9.59 Å². The quantitative estimate of drug-likeness (QED) is 0.191. The van der Waals surface area contributed by atoms with Crippen molar-refractivity contribution in [3.05, 3.63) is 119 Å². The van der Waals surface area contributed by atoms with Gasteiger partial charge in [-0.05, 0) is 50.9 Å². The van der Waals surface area contributed by atoms with Crippen LogP contribution in [0.1, 0.15) is 46.9 Å². The highest BCUT2D eigenvalue weighted by atomic mass is 16.7. The number of carbonyl (C=O) groups is 4. The second kappa shape index (κ2) is 12.5. The van der Waals surface area contributed by atoms with Crippen molar-refractivity contribution in [1.82, 2.24) is 0 Å². The fraction of sp³-hybridized carbons (Fsp3) is 0.200. The van der Waals surface area contributed by atoms with Gasteiger partial charge in [-0.15, -0.1) is 0 Å². The molecule has 0 heterocycles. The zero-order chi connectivity index (χ0) is 30.6. The Morgan fingerprint density at radius 2 is 0.932 bits per heavy atom. The van der Waals surface area contributed by atoms with Gasteiger partial charge < -0.3 is 24.7 Å². The van der Waals surface area contributed by atoms with Gasteiger partial charge >= 0.3 is 24.2 Å². The number of rotatable bonds is 8. The SMILES string of the molecule is N[C@@H](CCC(=O)OC(=O)OCC1c2ccccc2-c2ccccc21)C(=O)OC(=O)OCC1c2ccccc2-c2ccccc21. The minimum absolute atomic E-state index is 0.00782. The number of fused-ring (bicyclic) bond motifs is 6. The molecule has 0 amide bonds. The number of esters is 2. The fourth-order valence-corrected chi connectivity index (χ4v) is 5.93. The molecule has 6 rings (SSSR count). The number of carbonyl (C=O) groups excluding carboxylic acids is 4. The molecule has 0 bridgehead atoms. The molecule has 2 aliphatic carbocycles. The van der Waals surface area contributed by atoms with E-state index in [4.69, 9.17) is 24.7 Å². The van der Waals surface area contributed by atoms with Crippen LogP contribution in [0.15, 0.2) is 97.1 Å². The summed E-state index contributed by atoms with van der Waals surface area (Å²) in [5.74, 6) is -2.37. The van der Waals surface area contributed by atoms with Crippen molar-refractivity contribution in [2.45, 2.75) is 30.7 Å². The lowest BCUT2D eigenvalue weighted by molar-refractivity contribution is -0.142.